The van der Waals surface area contributed by atoms with Gasteiger partial charge in [-0.25, -0.2) is 8.42 Å². The van der Waals surface area contributed by atoms with E-state index in [1.165, 1.54) is 12.1 Å². The Labute approximate surface area is 237 Å². The lowest BCUT2D eigenvalue weighted by Gasteiger charge is -2.36. The average Bonchev–Trinajstić information content (AvgIpc) is 2.86. The second kappa shape index (κ2) is 11.6. The number of amides is 2. The molecule has 0 spiro atoms. The van der Waals surface area contributed by atoms with Crippen molar-refractivity contribution in [3.8, 4) is 0 Å². The third-order valence-corrected chi connectivity index (χ3v) is 7.79. The maximum atomic E-state index is 12.9. The van der Waals surface area contributed by atoms with Crippen LogP contribution in [0.4, 0.5) is 11.4 Å². The first-order valence-electron chi connectivity index (χ1n) is 12.0. The van der Waals surface area contributed by atoms with Gasteiger partial charge in [0.1, 0.15) is 6.04 Å². The van der Waals surface area contributed by atoms with E-state index in [0.29, 0.717) is 22.2 Å². The number of anilines is 2. The van der Waals surface area contributed by atoms with Crippen molar-refractivity contribution in [2.75, 3.05) is 10.6 Å². The maximum Gasteiger partial charge on any atom is 0.252 e. The molecule has 0 bridgehead atoms. The molecule has 3 aromatic carbocycles. The van der Waals surface area contributed by atoms with Gasteiger partial charge in [-0.1, -0.05) is 72.9 Å². The molecule has 8 nitrogen and oxygen atoms in total. The summed E-state index contributed by atoms with van der Waals surface area (Å²) in [6, 6.07) is 19.9. The molecule has 11 heteroatoms. The standard InChI is InChI=1S/C28H27Cl2N4O4S/c1-3-25(27(31)35)32-28(36)20-5-4-6-23(15-20)34(39(2,37)38)24-16-33(17-24)26(18-7-11-21(29)12-8-18)19-9-13-22(30)14-10-19/h4-17,25-26H,3H2,1-2H3,(H2,31,35)(H,32,36)/q-1/t25-/m0/s1. The van der Waals surface area contributed by atoms with Gasteiger partial charge in [0.2, 0.25) is 15.9 Å². The smallest absolute Gasteiger partial charge is 0.252 e. The molecule has 0 aliphatic carbocycles. The van der Waals surface area contributed by atoms with Crippen LogP contribution in [0.3, 0.4) is 0 Å². The Morgan fingerprint density at radius 2 is 1.54 bits per heavy atom. The molecule has 3 N–H and O–H groups in total. The van der Waals surface area contributed by atoms with Crippen molar-refractivity contribution >= 4 is 56.4 Å². The first-order chi connectivity index (χ1) is 18.5. The zero-order valence-corrected chi connectivity index (χ0v) is 23.5. The topological polar surface area (TPSA) is 114 Å². The molecule has 4 rings (SSSR count). The fourth-order valence-electron chi connectivity index (χ4n) is 4.30. The summed E-state index contributed by atoms with van der Waals surface area (Å²) >= 11 is 12.2. The van der Waals surface area contributed by atoms with Crippen LogP contribution in [0, 0.1) is 0 Å². The van der Waals surface area contributed by atoms with Gasteiger partial charge in [-0.15, -0.1) is 0 Å². The Balaban J connectivity index is 1.69. The molecular formula is C28H27Cl2N4O4S-. The number of halogens is 2. The van der Waals surface area contributed by atoms with E-state index < -0.39 is 27.9 Å². The van der Waals surface area contributed by atoms with E-state index in [9.17, 15) is 18.0 Å². The molecule has 39 heavy (non-hydrogen) atoms. The van der Waals surface area contributed by atoms with E-state index in [4.69, 9.17) is 28.9 Å². The van der Waals surface area contributed by atoms with E-state index >= 15 is 0 Å². The average molecular weight is 587 g/mol. The monoisotopic (exact) mass is 585 g/mol. The molecule has 0 aliphatic heterocycles. The number of aromatic nitrogens is 1. The van der Waals surface area contributed by atoms with Crippen molar-refractivity contribution in [2.45, 2.75) is 25.4 Å². The molecule has 0 saturated heterocycles. The van der Waals surface area contributed by atoms with Crippen LogP contribution in [0.15, 0.2) is 85.2 Å². The fourth-order valence-corrected chi connectivity index (χ4v) is 5.52. The summed E-state index contributed by atoms with van der Waals surface area (Å²) < 4.78 is 28.9. The van der Waals surface area contributed by atoms with E-state index in [1.54, 1.807) is 55.7 Å². The lowest BCUT2D eigenvalue weighted by atomic mass is 9.98. The van der Waals surface area contributed by atoms with Crippen molar-refractivity contribution in [1.29, 1.82) is 0 Å². The molecule has 0 unspecified atom stereocenters. The largest absolute Gasteiger partial charge is 0.445 e. The van der Waals surface area contributed by atoms with Crippen molar-refractivity contribution in [3.63, 3.8) is 0 Å². The van der Waals surface area contributed by atoms with Gasteiger partial charge >= 0.3 is 0 Å². The molecule has 1 atom stereocenters. The lowest BCUT2D eigenvalue weighted by molar-refractivity contribution is -0.119. The molecule has 2 amide bonds. The summed E-state index contributed by atoms with van der Waals surface area (Å²) in [6.07, 6.45) is 4.87. The molecule has 1 aromatic heterocycles. The number of benzene rings is 3. The summed E-state index contributed by atoms with van der Waals surface area (Å²) in [6.45, 7) is 1.73. The second-order valence-corrected chi connectivity index (χ2v) is 11.8. The van der Waals surface area contributed by atoms with Gasteiger partial charge in [-0.05, 0) is 65.7 Å². The molecular weight excluding hydrogens is 559 g/mol. The van der Waals surface area contributed by atoms with E-state index in [0.717, 1.165) is 21.7 Å². The normalized spacial score (nSPS) is 12.3. The quantitative estimate of drug-likeness (QED) is 0.247. The Kier molecular flexibility index (Phi) is 8.44. The lowest BCUT2D eigenvalue weighted by Crippen LogP contribution is -2.44. The summed E-state index contributed by atoms with van der Waals surface area (Å²) in [7, 11) is -3.78. The number of primary amides is 1. The molecule has 1 heterocycles. The van der Waals surface area contributed by atoms with Crippen LogP contribution in [0.25, 0.3) is 0 Å². The van der Waals surface area contributed by atoms with Crippen LogP contribution >= 0.6 is 23.2 Å². The van der Waals surface area contributed by atoms with Crippen LogP contribution in [-0.4, -0.2) is 37.1 Å². The van der Waals surface area contributed by atoms with Gasteiger partial charge in [0.15, 0.2) is 0 Å². The first kappa shape index (κ1) is 28.4. The van der Waals surface area contributed by atoms with E-state index in [1.807, 2.05) is 28.8 Å². The molecule has 204 valence electrons. The second-order valence-electron chi connectivity index (χ2n) is 9.05. The first-order valence-corrected chi connectivity index (χ1v) is 14.6. The minimum Gasteiger partial charge on any atom is -0.445 e. The number of nitrogens with one attached hydrogen (secondary N) is 1. The molecule has 0 aliphatic rings. The van der Waals surface area contributed by atoms with Crippen molar-refractivity contribution in [1.82, 2.24) is 9.88 Å². The molecule has 0 fully saturated rings. The zero-order chi connectivity index (χ0) is 28.3. The highest BCUT2D eigenvalue weighted by atomic mass is 35.5. The predicted octanol–water partition coefficient (Wildman–Crippen LogP) is 5.24. The Hall–Kier alpha value is -3.66. The molecule has 0 radical (unpaired) electrons. The van der Waals surface area contributed by atoms with Crippen LogP contribution in [0.5, 0.6) is 0 Å². The number of carbonyl (C=O) groups is 2. The minimum atomic E-state index is -3.78. The van der Waals surface area contributed by atoms with Crippen LogP contribution < -0.4 is 15.4 Å². The predicted molar refractivity (Wildman–Crippen MR) is 154 cm³/mol. The number of rotatable bonds is 10. The summed E-state index contributed by atoms with van der Waals surface area (Å²) in [4.78, 5) is 24.3. The highest BCUT2D eigenvalue weighted by Crippen LogP contribution is 2.36. The van der Waals surface area contributed by atoms with Gasteiger partial charge in [0, 0.05) is 15.6 Å². The number of sulfonamides is 1. The summed E-state index contributed by atoms with van der Waals surface area (Å²) in [5, 5.41) is 3.78. The molecule has 4 aromatic rings. The van der Waals surface area contributed by atoms with Gasteiger partial charge in [0.05, 0.1) is 18.0 Å². The zero-order valence-electron chi connectivity index (χ0n) is 21.2. The number of nitrogens with zero attached hydrogens (tertiary/aromatic N) is 2. The summed E-state index contributed by atoms with van der Waals surface area (Å²) in [5.74, 6) is -1.18. The number of hydrogen-bond donors (Lipinski definition) is 2. The van der Waals surface area contributed by atoms with Crippen LogP contribution in [0.2, 0.25) is 10.0 Å². The third kappa shape index (κ3) is 6.50. The Morgan fingerprint density at radius 1 is 1.00 bits per heavy atom. The highest BCUT2D eigenvalue weighted by Gasteiger charge is 2.24. The third-order valence-electron chi connectivity index (χ3n) is 6.20. The van der Waals surface area contributed by atoms with Crippen LogP contribution in [-0.2, 0) is 14.8 Å². The number of nitrogens with two attached hydrogens (primary N) is 1. The van der Waals surface area contributed by atoms with Crippen molar-refractivity contribution in [3.05, 3.63) is 112 Å². The van der Waals surface area contributed by atoms with Crippen molar-refractivity contribution < 1.29 is 18.0 Å². The van der Waals surface area contributed by atoms with Gasteiger partial charge in [-0.3, -0.25) is 13.9 Å². The molecule has 0 saturated carbocycles. The SMILES string of the molecule is CC[C@H](NC(=O)c1cccc(N(c2cn(C(c3ccc(Cl)cc3)c3ccc(Cl)cc3)[cH-]2)S(C)(=O)=O)c1)C(N)=O. The highest BCUT2D eigenvalue weighted by molar-refractivity contribution is 7.92. The number of carbonyl (C=O) groups excluding carboxylic acids is 2. The van der Waals surface area contributed by atoms with Crippen LogP contribution in [0.1, 0.15) is 40.9 Å². The van der Waals surface area contributed by atoms with Gasteiger partial charge in [-0.2, -0.15) is 0 Å². The van der Waals surface area contributed by atoms with E-state index in [2.05, 4.69) is 5.32 Å². The maximum absolute atomic E-state index is 12.9. The van der Waals surface area contributed by atoms with Gasteiger partial charge < -0.3 is 15.6 Å². The summed E-state index contributed by atoms with van der Waals surface area (Å²) in [5.41, 5.74) is 8.10. The van der Waals surface area contributed by atoms with Gasteiger partial charge in [0.25, 0.3) is 5.91 Å². The minimum absolute atomic E-state index is 0.192. The van der Waals surface area contributed by atoms with E-state index in [-0.39, 0.29) is 17.3 Å². The number of hydrogen-bond acceptors (Lipinski definition) is 4. The fraction of sp³-hybridized carbons (Fsp3) is 0.179. The Bertz CT molecular complexity index is 1520. The van der Waals surface area contributed by atoms with Crippen molar-refractivity contribution in [2.24, 2.45) is 5.73 Å². The Morgan fingerprint density at radius 3 is 2.00 bits per heavy atom.